The average Bonchev–Trinajstić information content (AvgIpc) is 3.95. The molecule has 4 aliphatic heterocycles. The summed E-state index contributed by atoms with van der Waals surface area (Å²) in [6.45, 7) is 9.02. The highest BCUT2D eigenvalue weighted by atomic mass is 19.4. The normalized spacial score (nSPS) is 19.9. The molecule has 9 nitrogen and oxygen atoms in total. The largest absolute Gasteiger partial charge is 0.497 e. The van der Waals surface area contributed by atoms with Crippen LogP contribution in [0.2, 0.25) is 0 Å². The molecule has 4 atom stereocenters. The van der Waals surface area contributed by atoms with Crippen molar-refractivity contribution in [3.05, 3.63) is 172 Å². The summed E-state index contributed by atoms with van der Waals surface area (Å²) < 4.78 is 81.0. The van der Waals surface area contributed by atoms with Gasteiger partial charge in [-0.05, 0) is 135 Å². The number of fused-ring (bicyclic) bond motifs is 2. The van der Waals surface area contributed by atoms with Gasteiger partial charge in [0, 0.05) is 60.0 Å². The van der Waals surface area contributed by atoms with Crippen LogP contribution in [0.3, 0.4) is 0 Å². The number of rotatable bonds is 16. The Kier molecular flexibility index (Phi) is 16.8. The van der Waals surface area contributed by atoms with Gasteiger partial charge < -0.3 is 38.1 Å². The Hall–Kier alpha value is -6.37. The number of nitrogens with zero attached hydrogens (tertiary/aromatic N) is 2. The summed E-state index contributed by atoms with van der Waals surface area (Å²) in [6, 6.07) is 42.2. The minimum atomic E-state index is -4.40. The first-order valence-corrected chi connectivity index (χ1v) is 25.5. The Morgan fingerprint density at radius 2 is 0.931 bits per heavy atom. The number of halogens is 3. The Labute approximate surface area is 422 Å². The highest BCUT2D eigenvalue weighted by Crippen LogP contribution is 2.49. The summed E-state index contributed by atoms with van der Waals surface area (Å²) in [5, 5.41) is 0. The highest BCUT2D eigenvalue weighted by Gasteiger charge is 2.37. The topological polar surface area (TPSA) is 71.1 Å². The Morgan fingerprint density at radius 1 is 0.472 bits per heavy atom. The zero-order valence-corrected chi connectivity index (χ0v) is 41.7. The molecule has 72 heavy (non-hydrogen) atoms. The maximum Gasteiger partial charge on any atom is 0.416 e. The maximum absolute atomic E-state index is 13.5. The number of alkyl halides is 3. The quantitative estimate of drug-likeness (QED) is 0.0882. The van der Waals surface area contributed by atoms with Crippen molar-refractivity contribution in [3.8, 4) is 40.2 Å². The number of hydrogen-bond donors (Lipinski definition) is 0. The van der Waals surface area contributed by atoms with Crippen molar-refractivity contribution in [3.63, 3.8) is 0 Å². The first kappa shape index (κ1) is 50.6. The van der Waals surface area contributed by atoms with Crippen molar-refractivity contribution in [2.45, 2.75) is 68.4 Å². The standard InChI is InChI=1S/C31H37NO4.C29H30F3NO3/c1-33-26-9-6-8-24(20-26)29-22-36-30-21-27(34-2)14-15-28(30)31(29)23-10-12-25(13-11-23)35-19-7-18-32-16-4-3-5-17-32;1-34-24-11-12-25-27(18-24)36-19-26(21-5-4-6-22(17-21)29(30,31)32)28(25)20-7-9-23(10-8-20)35-16-15-33-13-2-3-14-33/h6,8-15,20-21,29,31H,3-5,7,16-19,22H2,1-2H3;4-12,17-18,26,28H,2-3,13-16,19H2,1H3/t29-,31-;26-,28-/m00/s1. The summed E-state index contributed by atoms with van der Waals surface area (Å²) in [5.41, 5.74) is 5.50. The third-order valence-electron chi connectivity index (χ3n) is 14.6. The predicted molar refractivity (Wildman–Crippen MR) is 275 cm³/mol. The zero-order chi connectivity index (χ0) is 49.9. The molecule has 12 heteroatoms. The summed E-state index contributed by atoms with van der Waals surface area (Å²) in [6.07, 6.45) is 3.21. The monoisotopic (exact) mass is 984 g/mol. The van der Waals surface area contributed by atoms with Crippen molar-refractivity contribution in [1.82, 2.24) is 9.80 Å². The number of hydrogen-bond acceptors (Lipinski definition) is 9. The van der Waals surface area contributed by atoms with Crippen LogP contribution in [-0.2, 0) is 6.18 Å². The lowest BCUT2D eigenvalue weighted by Gasteiger charge is -2.35. The molecule has 0 unspecified atom stereocenters. The molecule has 4 heterocycles. The molecule has 0 amide bonds. The Bertz CT molecular complexity index is 2670. The molecule has 0 aromatic heterocycles. The molecule has 0 saturated carbocycles. The molecule has 2 saturated heterocycles. The van der Waals surface area contributed by atoms with E-state index in [0.29, 0.717) is 30.3 Å². The van der Waals surface area contributed by atoms with Crippen molar-refractivity contribution >= 4 is 0 Å². The van der Waals surface area contributed by atoms with Crippen molar-refractivity contribution < 1.29 is 46.3 Å². The van der Waals surface area contributed by atoms with Gasteiger partial charge >= 0.3 is 6.18 Å². The van der Waals surface area contributed by atoms with Crippen LogP contribution in [0.15, 0.2) is 133 Å². The molecule has 0 aliphatic carbocycles. The SMILES string of the molecule is COc1ccc2c(c1)OC[C@@H](c1cccc(C(F)(F)F)c1)[C@H]2c1ccc(OCCN2CCCC2)cc1.COc1cccc([C@@H]2COc3cc(OC)ccc3[C@@H]2c2ccc(OCCCN3CCCCC3)cc2)c1. The van der Waals surface area contributed by atoms with E-state index in [1.807, 2.05) is 60.7 Å². The van der Waals surface area contributed by atoms with Crippen molar-refractivity contribution in [1.29, 1.82) is 0 Å². The molecular weight excluding hydrogens is 918 g/mol. The second kappa shape index (κ2) is 23.9. The lowest BCUT2D eigenvalue weighted by Crippen LogP contribution is -2.31. The molecule has 0 spiro atoms. The van der Waals surface area contributed by atoms with Crippen LogP contribution in [0.1, 0.15) is 101 Å². The molecule has 4 aliphatic rings. The molecular formula is C60H67F3N2O7. The molecule has 6 aromatic carbocycles. The van der Waals surface area contributed by atoms with E-state index in [0.717, 1.165) is 85.1 Å². The van der Waals surface area contributed by atoms with Gasteiger partial charge in [-0.25, -0.2) is 0 Å². The molecule has 0 bridgehead atoms. The fourth-order valence-corrected chi connectivity index (χ4v) is 10.8. The summed E-state index contributed by atoms with van der Waals surface area (Å²) >= 11 is 0. The first-order chi connectivity index (χ1) is 35.2. The molecule has 10 rings (SSSR count). The number of methoxy groups -OCH3 is 3. The van der Waals surface area contributed by atoms with E-state index in [1.54, 1.807) is 27.4 Å². The van der Waals surface area contributed by atoms with E-state index in [4.69, 9.17) is 33.2 Å². The van der Waals surface area contributed by atoms with Crippen LogP contribution in [0.5, 0.6) is 40.2 Å². The second-order valence-electron chi connectivity index (χ2n) is 19.1. The Balaban J connectivity index is 0.000000178. The van der Waals surface area contributed by atoms with Gasteiger partial charge in [0.2, 0.25) is 0 Å². The molecule has 0 radical (unpaired) electrons. The van der Waals surface area contributed by atoms with Crippen LogP contribution in [0.25, 0.3) is 0 Å². The smallest absolute Gasteiger partial charge is 0.416 e. The van der Waals surface area contributed by atoms with Crippen LogP contribution in [0, 0.1) is 0 Å². The summed E-state index contributed by atoms with van der Waals surface area (Å²) in [7, 11) is 4.99. The van der Waals surface area contributed by atoms with E-state index in [-0.39, 0.29) is 30.3 Å². The van der Waals surface area contributed by atoms with Crippen molar-refractivity contribution in [2.24, 2.45) is 0 Å². The summed E-state index contributed by atoms with van der Waals surface area (Å²) in [4.78, 5) is 4.97. The lowest BCUT2D eigenvalue weighted by molar-refractivity contribution is -0.137. The minimum Gasteiger partial charge on any atom is -0.497 e. The maximum atomic E-state index is 13.5. The number of likely N-dealkylation sites (tertiary alicyclic amines) is 2. The van der Waals surface area contributed by atoms with Crippen LogP contribution in [0.4, 0.5) is 13.2 Å². The van der Waals surface area contributed by atoms with Gasteiger partial charge in [0.1, 0.15) is 46.9 Å². The molecule has 380 valence electrons. The van der Waals surface area contributed by atoms with Gasteiger partial charge in [-0.3, -0.25) is 4.90 Å². The van der Waals surface area contributed by atoms with Gasteiger partial charge in [-0.1, -0.05) is 73.2 Å². The molecule has 0 N–H and O–H groups in total. The van der Waals surface area contributed by atoms with Gasteiger partial charge in [-0.2, -0.15) is 13.2 Å². The fraction of sp³-hybridized carbons (Fsp3) is 0.400. The van der Waals surface area contributed by atoms with Crippen LogP contribution in [-0.4, -0.2) is 96.8 Å². The lowest BCUT2D eigenvalue weighted by atomic mass is 9.75. The third kappa shape index (κ3) is 12.4. The molecule has 6 aromatic rings. The zero-order valence-electron chi connectivity index (χ0n) is 41.7. The van der Waals surface area contributed by atoms with E-state index in [2.05, 4.69) is 58.3 Å². The predicted octanol–water partition coefficient (Wildman–Crippen LogP) is 12.8. The molecule has 2 fully saturated rings. The first-order valence-electron chi connectivity index (χ1n) is 25.5. The average molecular weight is 985 g/mol. The van der Waals surface area contributed by atoms with Gasteiger partial charge in [0.25, 0.3) is 0 Å². The van der Waals surface area contributed by atoms with E-state index in [9.17, 15) is 13.2 Å². The summed E-state index contributed by atoms with van der Waals surface area (Å²) in [5.74, 6) is 5.49. The number of benzene rings is 6. The van der Waals surface area contributed by atoms with E-state index >= 15 is 0 Å². The highest BCUT2D eigenvalue weighted by molar-refractivity contribution is 5.53. The van der Waals surface area contributed by atoms with Crippen molar-refractivity contribution in [2.75, 3.05) is 87.0 Å². The van der Waals surface area contributed by atoms with Gasteiger partial charge in [0.05, 0.1) is 46.7 Å². The van der Waals surface area contributed by atoms with E-state index in [1.165, 1.54) is 74.0 Å². The minimum absolute atomic E-state index is 0.153. The Morgan fingerprint density at radius 3 is 1.46 bits per heavy atom. The second-order valence-corrected chi connectivity index (χ2v) is 19.1. The van der Waals surface area contributed by atoms with Crippen LogP contribution >= 0.6 is 0 Å². The van der Waals surface area contributed by atoms with E-state index < -0.39 is 11.7 Å². The van der Waals surface area contributed by atoms with Crippen LogP contribution < -0.4 is 33.2 Å². The fourth-order valence-electron chi connectivity index (χ4n) is 10.8. The van der Waals surface area contributed by atoms with Gasteiger partial charge in [-0.15, -0.1) is 0 Å². The number of piperidine rings is 1. The third-order valence-corrected chi connectivity index (χ3v) is 14.6. The number of ether oxygens (including phenoxy) is 7. The van der Waals surface area contributed by atoms with Gasteiger partial charge in [0.15, 0.2) is 0 Å².